The molecule has 0 saturated carbocycles. The number of allylic oxidation sites excluding steroid dienone is 19. The van der Waals surface area contributed by atoms with Gasteiger partial charge in [-0.3, -0.25) is 14.4 Å². The molecule has 6 nitrogen and oxygen atoms in total. The second-order valence-electron chi connectivity index (χ2n) is 18.8. The molecule has 0 aromatic rings. The number of carbonyl (C=O) groups is 3. The molecule has 0 N–H and O–H groups in total. The summed E-state index contributed by atoms with van der Waals surface area (Å²) < 4.78 is 16.7. The summed E-state index contributed by atoms with van der Waals surface area (Å²) in [6.45, 7) is 6.28. The van der Waals surface area contributed by atoms with Gasteiger partial charge in [0.1, 0.15) is 13.2 Å². The van der Waals surface area contributed by atoms with Crippen LogP contribution in [0.4, 0.5) is 0 Å². The lowest BCUT2D eigenvalue weighted by Gasteiger charge is -2.18. The van der Waals surface area contributed by atoms with Crippen LogP contribution in [0, 0.1) is 0 Å². The molecule has 0 aliphatic heterocycles. The van der Waals surface area contributed by atoms with Crippen molar-refractivity contribution in [1.29, 1.82) is 0 Å². The molecular weight excluding hydrogens is 877 g/mol. The molecule has 0 aromatic heterocycles. The molecule has 0 aromatic carbocycles. The van der Waals surface area contributed by atoms with Crippen LogP contribution in [-0.2, 0) is 28.6 Å². The van der Waals surface area contributed by atoms with Gasteiger partial charge in [-0.1, -0.05) is 251 Å². The van der Waals surface area contributed by atoms with Gasteiger partial charge in [-0.15, -0.1) is 0 Å². The Bertz CT molecular complexity index is 1500. The van der Waals surface area contributed by atoms with E-state index in [1.165, 1.54) is 103 Å². The summed E-state index contributed by atoms with van der Waals surface area (Å²) in [6.07, 6.45) is 80.9. The molecule has 0 bridgehead atoms. The van der Waals surface area contributed by atoms with E-state index in [1.54, 1.807) is 6.08 Å². The van der Waals surface area contributed by atoms with E-state index in [9.17, 15) is 14.4 Å². The Morgan fingerprint density at radius 1 is 0.310 bits per heavy atom. The molecule has 0 fully saturated rings. The van der Waals surface area contributed by atoms with Crippen LogP contribution in [0.2, 0.25) is 0 Å². The Hall–Kier alpha value is -4.19. The number of carbonyl (C=O) groups excluding carboxylic acids is 3. The maximum absolute atomic E-state index is 12.8. The van der Waals surface area contributed by atoms with Crippen LogP contribution in [0.25, 0.3) is 0 Å². The van der Waals surface area contributed by atoms with Crippen molar-refractivity contribution >= 4 is 17.9 Å². The fraction of sp³-hybridized carbons (Fsp3) is 0.646. The number of hydrogen-bond acceptors (Lipinski definition) is 6. The minimum Gasteiger partial charge on any atom is -0.462 e. The van der Waals surface area contributed by atoms with E-state index in [2.05, 4.69) is 130 Å². The second kappa shape index (κ2) is 58.4. The minimum atomic E-state index is -0.837. The molecule has 0 radical (unpaired) electrons. The molecule has 402 valence electrons. The molecular formula is C65H106O6. The number of ether oxygens (including phenoxy) is 3. The molecule has 0 aliphatic carbocycles. The smallest absolute Gasteiger partial charge is 0.310 e. The molecule has 0 spiro atoms. The highest BCUT2D eigenvalue weighted by Crippen LogP contribution is 2.15. The van der Waals surface area contributed by atoms with E-state index in [0.717, 1.165) is 109 Å². The first kappa shape index (κ1) is 66.8. The van der Waals surface area contributed by atoms with Crippen molar-refractivity contribution in [3.8, 4) is 0 Å². The van der Waals surface area contributed by atoms with Crippen LogP contribution in [0.5, 0.6) is 0 Å². The van der Waals surface area contributed by atoms with E-state index in [-0.39, 0.29) is 31.6 Å². The van der Waals surface area contributed by atoms with Gasteiger partial charge in [0.25, 0.3) is 0 Å². The molecule has 71 heavy (non-hydrogen) atoms. The first-order chi connectivity index (χ1) is 35.0. The van der Waals surface area contributed by atoms with E-state index < -0.39 is 12.1 Å². The van der Waals surface area contributed by atoms with Gasteiger partial charge < -0.3 is 14.2 Å². The average molecular weight is 984 g/mol. The molecule has 1 unspecified atom stereocenters. The van der Waals surface area contributed by atoms with Crippen LogP contribution in [-0.4, -0.2) is 37.2 Å². The summed E-state index contributed by atoms with van der Waals surface area (Å²) in [5.74, 6) is -1.06. The standard InChI is InChI=1S/C65H106O6/c1-4-7-10-13-16-19-22-24-26-27-28-29-30-31-32-33-34-35-36-37-39-40-43-46-49-52-55-58-64(67)70-61-62(60-69-63(66)57-54-51-48-45-42-21-18-15-12-9-6-3)71-65(68)59-56-53-50-47-44-41-38-25-23-20-17-14-11-8-5-2/h7-8,10-11,15-20,24-26,28-29,38,44,47,53,56,62H,4-6,9,12-14,21-23,27,30-37,39-43,45-46,48-52,54-55,57-61H2,1-3H3/b10-7-,11-8-,18-15-,19-16-,20-17-,26-24-,29-28-,38-25-,47-44-,56-53-. The number of hydrogen-bond donors (Lipinski definition) is 0. The van der Waals surface area contributed by atoms with Gasteiger partial charge in [0.05, 0.1) is 6.42 Å². The van der Waals surface area contributed by atoms with Crippen LogP contribution in [0.15, 0.2) is 122 Å². The number of rotatable bonds is 51. The lowest BCUT2D eigenvalue weighted by molar-refractivity contribution is -0.166. The Kier molecular flexibility index (Phi) is 54.9. The SMILES string of the molecule is CC/C=C\C/C=C\C/C=C\C/C=C\C/C=C\CC(=O)OC(COC(=O)CCCCCCC/C=C\CCCC)COC(=O)CCCCCCCCCCCCCCCC/C=C\C/C=C\C/C=C\C/C=C\CC. The highest BCUT2D eigenvalue weighted by Gasteiger charge is 2.19. The molecule has 0 amide bonds. The van der Waals surface area contributed by atoms with Crippen molar-refractivity contribution in [2.45, 2.75) is 258 Å². The van der Waals surface area contributed by atoms with Crippen molar-refractivity contribution in [2.24, 2.45) is 0 Å². The first-order valence-corrected chi connectivity index (χ1v) is 29.0. The zero-order chi connectivity index (χ0) is 51.4. The van der Waals surface area contributed by atoms with Gasteiger partial charge in [0.2, 0.25) is 0 Å². The van der Waals surface area contributed by atoms with Crippen molar-refractivity contribution in [3.05, 3.63) is 122 Å². The Morgan fingerprint density at radius 2 is 0.592 bits per heavy atom. The molecule has 6 heteroatoms. The molecule has 0 saturated heterocycles. The van der Waals surface area contributed by atoms with Crippen LogP contribution >= 0.6 is 0 Å². The largest absolute Gasteiger partial charge is 0.462 e. The summed E-state index contributed by atoms with van der Waals surface area (Å²) in [5, 5.41) is 0. The number of unbranched alkanes of at least 4 members (excludes halogenated alkanes) is 21. The second-order valence-corrected chi connectivity index (χ2v) is 18.8. The highest BCUT2D eigenvalue weighted by atomic mass is 16.6. The molecule has 0 rings (SSSR count). The van der Waals surface area contributed by atoms with Gasteiger partial charge in [0, 0.05) is 12.8 Å². The molecule has 0 aliphatic rings. The van der Waals surface area contributed by atoms with E-state index >= 15 is 0 Å². The molecule has 1 atom stereocenters. The Morgan fingerprint density at radius 3 is 0.944 bits per heavy atom. The highest BCUT2D eigenvalue weighted by molar-refractivity contribution is 5.72. The summed E-state index contributed by atoms with van der Waals surface area (Å²) in [7, 11) is 0. The third kappa shape index (κ3) is 56.6. The molecule has 0 heterocycles. The van der Waals surface area contributed by atoms with Gasteiger partial charge in [0.15, 0.2) is 6.10 Å². The fourth-order valence-electron chi connectivity index (χ4n) is 7.67. The van der Waals surface area contributed by atoms with Crippen molar-refractivity contribution in [2.75, 3.05) is 13.2 Å². The fourth-order valence-corrected chi connectivity index (χ4v) is 7.67. The number of esters is 3. The first-order valence-electron chi connectivity index (χ1n) is 29.0. The Labute approximate surface area is 437 Å². The minimum absolute atomic E-state index is 0.0923. The van der Waals surface area contributed by atoms with Gasteiger partial charge in [-0.05, 0) is 103 Å². The Balaban J connectivity index is 4.31. The quantitative estimate of drug-likeness (QED) is 0.0261. The van der Waals surface area contributed by atoms with Crippen molar-refractivity contribution in [1.82, 2.24) is 0 Å². The predicted octanol–water partition coefficient (Wildman–Crippen LogP) is 19.6. The summed E-state index contributed by atoms with van der Waals surface area (Å²) in [6, 6.07) is 0. The van der Waals surface area contributed by atoms with E-state index in [0.29, 0.717) is 12.8 Å². The topological polar surface area (TPSA) is 78.9 Å². The van der Waals surface area contributed by atoms with E-state index in [1.807, 2.05) is 6.08 Å². The third-order valence-electron chi connectivity index (χ3n) is 12.0. The zero-order valence-corrected chi connectivity index (χ0v) is 45.9. The maximum atomic E-state index is 12.8. The summed E-state index contributed by atoms with van der Waals surface area (Å²) in [4.78, 5) is 38.0. The maximum Gasteiger partial charge on any atom is 0.310 e. The lowest BCUT2D eigenvalue weighted by Crippen LogP contribution is -2.30. The summed E-state index contributed by atoms with van der Waals surface area (Å²) in [5.41, 5.74) is 0. The van der Waals surface area contributed by atoms with Crippen molar-refractivity contribution in [3.63, 3.8) is 0 Å². The van der Waals surface area contributed by atoms with Gasteiger partial charge in [-0.2, -0.15) is 0 Å². The zero-order valence-electron chi connectivity index (χ0n) is 45.9. The summed E-state index contributed by atoms with van der Waals surface area (Å²) >= 11 is 0. The van der Waals surface area contributed by atoms with E-state index in [4.69, 9.17) is 14.2 Å². The monoisotopic (exact) mass is 983 g/mol. The lowest BCUT2D eigenvalue weighted by atomic mass is 10.0. The van der Waals surface area contributed by atoms with Gasteiger partial charge in [-0.25, -0.2) is 0 Å². The van der Waals surface area contributed by atoms with Crippen molar-refractivity contribution < 1.29 is 28.6 Å². The van der Waals surface area contributed by atoms with Gasteiger partial charge >= 0.3 is 17.9 Å². The van der Waals surface area contributed by atoms with Crippen LogP contribution < -0.4 is 0 Å². The third-order valence-corrected chi connectivity index (χ3v) is 12.0. The van der Waals surface area contributed by atoms with Crippen LogP contribution in [0.1, 0.15) is 252 Å². The normalized spacial score (nSPS) is 13.0. The van der Waals surface area contributed by atoms with Crippen LogP contribution in [0.3, 0.4) is 0 Å². The predicted molar refractivity (Wildman–Crippen MR) is 306 cm³/mol. The average Bonchev–Trinajstić information content (AvgIpc) is 3.37.